The summed E-state index contributed by atoms with van der Waals surface area (Å²) in [5.74, 6) is -0.460. The highest BCUT2D eigenvalue weighted by Crippen LogP contribution is 2.22. The lowest BCUT2D eigenvalue weighted by molar-refractivity contribution is 0.0942. The van der Waals surface area contributed by atoms with Crippen LogP contribution in [0.4, 0.5) is 11.4 Å². The van der Waals surface area contributed by atoms with E-state index in [4.69, 9.17) is 0 Å². The molecule has 1 heterocycles. The van der Waals surface area contributed by atoms with Crippen LogP contribution >= 0.6 is 0 Å². The molecule has 4 aromatic carbocycles. The molecule has 0 spiro atoms. The Kier molecular flexibility index (Phi) is 8.07. The van der Waals surface area contributed by atoms with Gasteiger partial charge in [-0.15, -0.1) is 0 Å². The van der Waals surface area contributed by atoms with Crippen molar-refractivity contribution in [1.29, 1.82) is 0 Å². The van der Waals surface area contributed by atoms with Crippen molar-refractivity contribution in [2.75, 3.05) is 10.6 Å². The molecule has 0 unspecified atom stereocenters. The van der Waals surface area contributed by atoms with Crippen molar-refractivity contribution in [2.45, 2.75) is 20.0 Å². The Balaban J connectivity index is 1.19. The van der Waals surface area contributed by atoms with Crippen LogP contribution in [0.1, 0.15) is 37.5 Å². The predicted octanol–water partition coefficient (Wildman–Crippen LogP) is 6.79. The molecule has 0 atom stereocenters. The van der Waals surface area contributed by atoms with Gasteiger partial charge in [0.05, 0.1) is 11.3 Å². The lowest BCUT2D eigenvalue weighted by Gasteiger charge is -2.12. The lowest BCUT2D eigenvalue weighted by atomic mass is 10.0. The molecular weight excluding hydrogens is 496 g/mol. The average molecular weight is 529 g/mol. The van der Waals surface area contributed by atoms with Crippen LogP contribution in [0.3, 0.4) is 0 Å². The zero-order chi connectivity index (χ0) is 27.9. The Morgan fingerprint density at radius 3 is 2.05 bits per heavy atom. The Hall–Kier alpha value is -5.10. The quantitative estimate of drug-likeness (QED) is 0.197. The number of hydrogen-bond donors (Lipinski definition) is 3. The second-order valence-electron chi connectivity index (χ2n) is 9.81. The number of para-hydroxylation sites is 1. The molecule has 5 rings (SSSR count). The second-order valence-corrected chi connectivity index (χ2v) is 9.81. The van der Waals surface area contributed by atoms with Gasteiger partial charge in [-0.25, -0.2) is 0 Å². The maximum atomic E-state index is 13.1. The number of anilines is 2. The summed E-state index contributed by atoms with van der Waals surface area (Å²) in [5, 5.41) is 9.26. The van der Waals surface area contributed by atoms with Gasteiger partial charge in [-0.2, -0.15) is 0 Å². The van der Waals surface area contributed by atoms with Crippen molar-refractivity contribution < 1.29 is 9.59 Å². The Morgan fingerprint density at radius 1 is 0.700 bits per heavy atom. The molecule has 6 nitrogen and oxygen atoms in total. The summed E-state index contributed by atoms with van der Waals surface area (Å²) in [7, 11) is 1.79. The van der Waals surface area contributed by atoms with E-state index < -0.39 is 0 Å². The van der Waals surface area contributed by atoms with Gasteiger partial charge in [0, 0.05) is 32.0 Å². The Labute approximate surface area is 234 Å². The molecule has 0 radical (unpaired) electrons. The Morgan fingerprint density at radius 2 is 1.32 bits per heavy atom. The molecule has 6 heteroatoms. The van der Waals surface area contributed by atoms with E-state index in [0.29, 0.717) is 30.0 Å². The van der Waals surface area contributed by atoms with Crippen LogP contribution in [0.2, 0.25) is 0 Å². The first-order valence-corrected chi connectivity index (χ1v) is 13.2. The fourth-order valence-electron chi connectivity index (χ4n) is 4.52. The molecule has 0 aliphatic carbocycles. The minimum Gasteiger partial charge on any atom is -0.380 e. The van der Waals surface area contributed by atoms with Crippen LogP contribution in [0, 0.1) is 6.92 Å². The monoisotopic (exact) mass is 528 g/mol. The predicted molar refractivity (Wildman–Crippen MR) is 161 cm³/mol. The molecule has 2 amide bonds. The SMILES string of the molecule is Cc1ccc(-c2ccc(CNC(=O)c3cc(NC(=O)c4ccccc4NCc4ccccc4)cn3C)cc2)cc1. The highest BCUT2D eigenvalue weighted by atomic mass is 16.2. The number of rotatable bonds is 9. The molecule has 0 aliphatic rings. The number of aromatic nitrogens is 1. The van der Waals surface area contributed by atoms with Crippen molar-refractivity contribution in [2.24, 2.45) is 7.05 Å². The zero-order valence-corrected chi connectivity index (χ0v) is 22.6. The van der Waals surface area contributed by atoms with Gasteiger partial charge in [-0.3, -0.25) is 9.59 Å². The first-order valence-electron chi connectivity index (χ1n) is 13.2. The maximum Gasteiger partial charge on any atom is 0.268 e. The molecule has 0 bridgehead atoms. The van der Waals surface area contributed by atoms with Gasteiger partial charge in [0.1, 0.15) is 5.69 Å². The van der Waals surface area contributed by atoms with E-state index in [1.165, 1.54) is 5.56 Å². The third kappa shape index (κ3) is 6.48. The van der Waals surface area contributed by atoms with Crippen LogP contribution in [-0.2, 0) is 20.1 Å². The summed E-state index contributed by atoms with van der Waals surface area (Å²) in [4.78, 5) is 26.1. The standard InChI is InChI=1S/C34H32N4O2/c1-24-12-16-27(17-13-24)28-18-14-26(15-19-28)22-36-34(40)32-20-29(23-38(32)2)37-33(39)30-10-6-7-11-31(30)35-21-25-8-4-3-5-9-25/h3-20,23,35H,21-22H2,1-2H3,(H,36,40)(H,37,39). The third-order valence-corrected chi connectivity index (χ3v) is 6.78. The molecule has 40 heavy (non-hydrogen) atoms. The molecule has 200 valence electrons. The largest absolute Gasteiger partial charge is 0.380 e. The first-order chi connectivity index (χ1) is 19.5. The number of hydrogen-bond acceptors (Lipinski definition) is 3. The molecule has 5 aromatic rings. The fraction of sp³-hybridized carbons (Fsp3) is 0.118. The zero-order valence-electron chi connectivity index (χ0n) is 22.6. The van der Waals surface area contributed by atoms with Gasteiger partial charge in [-0.1, -0.05) is 96.6 Å². The molecule has 0 fully saturated rings. The van der Waals surface area contributed by atoms with Crippen molar-refractivity contribution in [3.8, 4) is 11.1 Å². The van der Waals surface area contributed by atoms with Crippen LogP contribution in [0.5, 0.6) is 0 Å². The normalized spacial score (nSPS) is 10.7. The summed E-state index contributed by atoms with van der Waals surface area (Å²) < 4.78 is 1.71. The number of benzene rings is 4. The number of carbonyl (C=O) groups excluding carboxylic acids is 2. The second kappa shape index (κ2) is 12.2. The van der Waals surface area contributed by atoms with Crippen LogP contribution < -0.4 is 16.0 Å². The van der Waals surface area contributed by atoms with Gasteiger partial charge >= 0.3 is 0 Å². The summed E-state index contributed by atoms with van der Waals surface area (Å²) in [6.07, 6.45) is 1.74. The number of nitrogens with zero attached hydrogens (tertiary/aromatic N) is 1. The van der Waals surface area contributed by atoms with Gasteiger partial charge < -0.3 is 20.5 Å². The maximum absolute atomic E-state index is 13.1. The van der Waals surface area contributed by atoms with Crippen molar-refractivity contribution >= 4 is 23.2 Å². The molecule has 1 aromatic heterocycles. The van der Waals surface area contributed by atoms with E-state index in [-0.39, 0.29) is 11.8 Å². The van der Waals surface area contributed by atoms with Crippen LogP contribution in [-0.4, -0.2) is 16.4 Å². The summed E-state index contributed by atoms with van der Waals surface area (Å²) in [6, 6.07) is 35.7. The molecule has 0 aliphatic heterocycles. The first kappa shape index (κ1) is 26.5. The van der Waals surface area contributed by atoms with Crippen molar-refractivity contribution in [3.63, 3.8) is 0 Å². The Bertz CT molecular complexity index is 1600. The molecular formula is C34H32N4O2. The van der Waals surface area contributed by atoms with E-state index in [2.05, 4.69) is 59.3 Å². The number of carbonyl (C=O) groups is 2. The van der Waals surface area contributed by atoms with Crippen molar-refractivity contribution in [3.05, 3.63) is 143 Å². The average Bonchev–Trinajstić information content (AvgIpc) is 3.35. The molecule has 0 saturated heterocycles. The minimum atomic E-state index is -0.248. The lowest BCUT2D eigenvalue weighted by Crippen LogP contribution is -2.24. The van der Waals surface area contributed by atoms with Crippen LogP contribution in [0.15, 0.2) is 115 Å². The van der Waals surface area contributed by atoms with E-state index in [0.717, 1.165) is 27.9 Å². The number of nitrogens with one attached hydrogen (secondary N) is 3. The topological polar surface area (TPSA) is 75.2 Å². The number of aryl methyl sites for hydroxylation is 2. The van der Waals surface area contributed by atoms with E-state index in [9.17, 15) is 9.59 Å². The third-order valence-electron chi connectivity index (χ3n) is 6.78. The molecule has 0 saturated carbocycles. The fourth-order valence-corrected chi connectivity index (χ4v) is 4.52. The highest BCUT2D eigenvalue weighted by Gasteiger charge is 2.16. The smallest absolute Gasteiger partial charge is 0.268 e. The van der Waals surface area contributed by atoms with Gasteiger partial charge in [-0.05, 0) is 47.4 Å². The summed E-state index contributed by atoms with van der Waals surface area (Å²) in [6.45, 7) is 3.08. The van der Waals surface area contributed by atoms with Crippen LogP contribution in [0.25, 0.3) is 11.1 Å². The van der Waals surface area contributed by atoms with Gasteiger partial charge in [0.15, 0.2) is 0 Å². The van der Waals surface area contributed by atoms with E-state index in [1.54, 1.807) is 29.9 Å². The summed E-state index contributed by atoms with van der Waals surface area (Å²) in [5.41, 5.74) is 7.94. The molecule has 3 N–H and O–H groups in total. The minimum absolute atomic E-state index is 0.212. The van der Waals surface area contributed by atoms with Gasteiger partial charge in [0.2, 0.25) is 0 Å². The van der Waals surface area contributed by atoms with Crippen molar-refractivity contribution in [1.82, 2.24) is 9.88 Å². The number of amides is 2. The summed E-state index contributed by atoms with van der Waals surface area (Å²) >= 11 is 0. The highest BCUT2D eigenvalue weighted by molar-refractivity contribution is 6.08. The van der Waals surface area contributed by atoms with E-state index in [1.807, 2.05) is 60.7 Å². The van der Waals surface area contributed by atoms with Gasteiger partial charge in [0.25, 0.3) is 11.8 Å². The van der Waals surface area contributed by atoms with E-state index >= 15 is 0 Å².